The number of alkyl halides is 3. The van der Waals surface area contributed by atoms with Crippen LogP contribution in [0.2, 0.25) is 0 Å². The number of fused-ring (bicyclic) bond motifs is 1. The largest absolute Gasteiger partial charge is 0.755 e. The smallest absolute Gasteiger partial charge is 0.573 e. The zero-order valence-electron chi connectivity index (χ0n) is 22.1. The van der Waals surface area contributed by atoms with Crippen LogP contribution in [0.15, 0.2) is 36.7 Å². The first-order valence-electron chi connectivity index (χ1n) is 12.2. The second kappa shape index (κ2) is 11.4. The van der Waals surface area contributed by atoms with Crippen molar-refractivity contribution in [2.45, 2.75) is 38.2 Å². The van der Waals surface area contributed by atoms with Crippen molar-refractivity contribution in [1.82, 2.24) is 14.9 Å². The molecule has 1 aliphatic rings. The number of benzene rings is 1. The molecule has 16 heteroatoms. The molecule has 220 valence electrons. The SMILES string of the molecule is Cc1cc(N([C@H]2CCN([C@H](Cc3cc4ccnc(N)c4cc3OC(F)(F)F)C(=O)O)C2=O)S(=O)[O-])cnc1N(C)C. The van der Waals surface area contributed by atoms with E-state index in [0.29, 0.717) is 16.8 Å². The van der Waals surface area contributed by atoms with Crippen molar-refractivity contribution >= 4 is 51.2 Å². The van der Waals surface area contributed by atoms with Crippen molar-refractivity contribution in [2.24, 2.45) is 0 Å². The Hall–Kier alpha value is -4.18. The van der Waals surface area contributed by atoms with Crippen LogP contribution in [0.25, 0.3) is 10.8 Å². The molecule has 2 aromatic heterocycles. The van der Waals surface area contributed by atoms with Gasteiger partial charge in [-0.3, -0.25) is 13.3 Å². The minimum Gasteiger partial charge on any atom is -0.755 e. The van der Waals surface area contributed by atoms with Gasteiger partial charge in [0.05, 0.1) is 11.9 Å². The van der Waals surface area contributed by atoms with Gasteiger partial charge in [0.1, 0.15) is 29.5 Å². The first-order chi connectivity index (χ1) is 19.2. The molecule has 1 amide bonds. The van der Waals surface area contributed by atoms with E-state index in [1.807, 2.05) is 0 Å². The van der Waals surface area contributed by atoms with Crippen molar-refractivity contribution in [3.63, 3.8) is 0 Å². The first-order valence-corrected chi connectivity index (χ1v) is 13.2. The van der Waals surface area contributed by atoms with E-state index in [4.69, 9.17) is 5.73 Å². The number of pyridine rings is 2. The highest BCUT2D eigenvalue weighted by atomic mass is 32.2. The van der Waals surface area contributed by atoms with Crippen LogP contribution < -0.4 is 19.7 Å². The first kappa shape index (κ1) is 29.8. The maximum atomic E-state index is 13.5. The molecule has 0 radical (unpaired) electrons. The topological polar surface area (TPSA) is 165 Å². The molecule has 1 aromatic carbocycles. The third kappa shape index (κ3) is 6.27. The Morgan fingerprint density at radius 1 is 1.32 bits per heavy atom. The van der Waals surface area contributed by atoms with Crippen LogP contribution in [0, 0.1) is 6.92 Å². The lowest BCUT2D eigenvalue weighted by molar-refractivity contribution is -0.274. The number of likely N-dealkylation sites (tertiary alicyclic amines) is 1. The van der Waals surface area contributed by atoms with Crippen molar-refractivity contribution in [3.8, 4) is 5.75 Å². The minimum absolute atomic E-state index is 0.0533. The molecule has 0 spiro atoms. The lowest BCUT2D eigenvalue weighted by Gasteiger charge is -2.32. The summed E-state index contributed by atoms with van der Waals surface area (Å²) in [6.45, 7) is 1.56. The van der Waals surface area contributed by atoms with E-state index in [9.17, 15) is 36.6 Å². The number of carboxylic acid groups (broad SMARTS) is 1. The number of nitrogens with zero attached hydrogens (tertiary/aromatic N) is 5. The Morgan fingerprint density at radius 3 is 2.61 bits per heavy atom. The standard InChI is InChI=1S/C25H27F3N6O6S/c1-13-8-16(12-31-22(13)32(2)3)34(41(38)39)18-5-7-33(23(18)35)19(24(36)37)10-15-9-14-4-6-30-21(29)17(14)11-20(15)40-25(26,27)28/h4,6,8-9,11-12,18-19H,5,7,10H2,1-3H3,(H2,29,30)(H,36,37)(H,38,39)/p-1/t18-,19+/m0/s1. The van der Waals surface area contributed by atoms with Crippen molar-refractivity contribution < 1.29 is 41.4 Å². The lowest BCUT2D eigenvalue weighted by atomic mass is 10.00. The molecule has 3 aromatic rings. The number of aromatic nitrogens is 2. The average Bonchev–Trinajstić information content (AvgIpc) is 3.22. The predicted molar refractivity (Wildman–Crippen MR) is 143 cm³/mol. The zero-order chi connectivity index (χ0) is 30.2. The number of ether oxygens (including phenoxy) is 1. The van der Waals surface area contributed by atoms with Crippen LogP contribution in [0.1, 0.15) is 17.5 Å². The lowest BCUT2D eigenvalue weighted by Crippen LogP contribution is -2.49. The molecule has 1 saturated heterocycles. The fraction of sp³-hybridized carbons (Fsp3) is 0.360. The fourth-order valence-electron chi connectivity index (χ4n) is 4.91. The number of amides is 1. The predicted octanol–water partition coefficient (Wildman–Crippen LogP) is 2.38. The van der Waals surface area contributed by atoms with E-state index in [1.165, 1.54) is 24.5 Å². The van der Waals surface area contributed by atoms with Gasteiger partial charge >= 0.3 is 12.3 Å². The number of anilines is 3. The number of nitrogens with two attached hydrogens (primary N) is 1. The van der Waals surface area contributed by atoms with Crippen LogP contribution >= 0.6 is 0 Å². The Balaban J connectivity index is 1.68. The molecule has 3 atom stereocenters. The zero-order valence-corrected chi connectivity index (χ0v) is 22.9. The third-order valence-electron chi connectivity index (χ3n) is 6.65. The highest BCUT2D eigenvalue weighted by Crippen LogP contribution is 2.35. The summed E-state index contributed by atoms with van der Waals surface area (Å²) in [5.74, 6) is -2.47. The maximum absolute atomic E-state index is 13.5. The number of aliphatic carboxylic acids is 1. The van der Waals surface area contributed by atoms with Gasteiger partial charge in [-0.25, -0.2) is 14.8 Å². The molecule has 4 rings (SSSR count). The molecular formula is C25H26F3N6O6S-. The highest BCUT2D eigenvalue weighted by Gasteiger charge is 2.43. The molecule has 1 aliphatic heterocycles. The van der Waals surface area contributed by atoms with Crippen LogP contribution in [-0.4, -0.2) is 79.7 Å². The van der Waals surface area contributed by atoms with Gasteiger partial charge in [-0.15, -0.1) is 13.2 Å². The summed E-state index contributed by atoms with van der Waals surface area (Å²) in [6, 6.07) is 2.43. The normalized spacial score (nSPS) is 17.0. The fourth-order valence-corrected chi connectivity index (χ4v) is 5.59. The summed E-state index contributed by atoms with van der Waals surface area (Å²) in [6.07, 6.45) is -3.08. The third-order valence-corrected chi connectivity index (χ3v) is 7.43. The molecule has 12 nitrogen and oxygen atoms in total. The van der Waals surface area contributed by atoms with E-state index in [2.05, 4.69) is 14.7 Å². The summed E-state index contributed by atoms with van der Waals surface area (Å²) in [5.41, 5.74) is 6.40. The molecule has 0 saturated carbocycles. The van der Waals surface area contributed by atoms with E-state index in [-0.39, 0.29) is 35.4 Å². The number of carbonyl (C=O) groups excluding carboxylic acids is 1. The molecule has 1 fully saturated rings. The van der Waals surface area contributed by atoms with Gasteiger partial charge in [0.2, 0.25) is 5.91 Å². The Morgan fingerprint density at radius 2 is 2.02 bits per heavy atom. The Kier molecular flexibility index (Phi) is 8.26. The maximum Gasteiger partial charge on any atom is 0.573 e. The molecule has 3 heterocycles. The number of halogens is 3. The van der Waals surface area contributed by atoms with Gasteiger partial charge in [0, 0.05) is 49.9 Å². The van der Waals surface area contributed by atoms with Crippen LogP contribution in [0.5, 0.6) is 5.75 Å². The number of aryl methyl sites for hydroxylation is 1. The van der Waals surface area contributed by atoms with E-state index in [1.54, 1.807) is 32.0 Å². The van der Waals surface area contributed by atoms with Crippen LogP contribution in [-0.2, 0) is 27.3 Å². The van der Waals surface area contributed by atoms with Gasteiger partial charge in [-0.2, -0.15) is 0 Å². The van der Waals surface area contributed by atoms with Crippen molar-refractivity contribution in [1.29, 1.82) is 0 Å². The molecule has 3 N–H and O–H groups in total. The van der Waals surface area contributed by atoms with Crippen molar-refractivity contribution in [2.75, 3.05) is 35.6 Å². The van der Waals surface area contributed by atoms with E-state index in [0.717, 1.165) is 15.3 Å². The van der Waals surface area contributed by atoms with E-state index < -0.39 is 53.8 Å². The quantitative estimate of drug-likeness (QED) is 0.351. The molecule has 41 heavy (non-hydrogen) atoms. The number of carbonyl (C=O) groups is 2. The summed E-state index contributed by atoms with van der Waals surface area (Å²) in [5, 5.41) is 10.6. The number of carboxylic acids is 1. The van der Waals surface area contributed by atoms with Crippen LogP contribution in [0.3, 0.4) is 0 Å². The van der Waals surface area contributed by atoms with Gasteiger partial charge < -0.3 is 29.9 Å². The molecule has 1 unspecified atom stereocenters. The summed E-state index contributed by atoms with van der Waals surface area (Å²) in [7, 11) is 3.52. The highest BCUT2D eigenvalue weighted by molar-refractivity contribution is 7.80. The minimum atomic E-state index is -5.10. The van der Waals surface area contributed by atoms with Gasteiger partial charge in [0.25, 0.3) is 0 Å². The molecule has 0 bridgehead atoms. The number of hydrogen-bond donors (Lipinski definition) is 2. The summed E-state index contributed by atoms with van der Waals surface area (Å²) in [4.78, 5) is 36.6. The summed E-state index contributed by atoms with van der Waals surface area (Å²) >= 11 is -2.93. The van der Waals surface area contributed by atoms with Gasteiger partial charge in [-0.05, 0) is 54.1 Å². The van der Waals surface area contributed by atoms with Crippen molar-refractivity contribution in [3.05, 3.63) is 47.8 Å². The second-order valence-electron chi connectivity index (χ2n) is 9.59. The number of rotatable bonds is 9. The van der Waals surface area contributed by atoms with Gasteiger partial charge in [-0.1, -0.05) is 0 Å². The Labute approximate surface area is 234 Å². The number of hydrogen-bond acceptors (Lipinski definition) is 9. The molecular weight excluding hydrogens is 569 g/mol. The van der Waals surface area contributed by atoms with Gasteiger partial charge in [0.15, 0.2) is 0 Å². The number of nitrogen functional groups attached to an aromatic ring is 1. The van der Waals surface area contributed by atoms with Crippen LogP contribution in [0.4, 0.5) is 30.5 Å². The van der Waals surface area contributed by atoms with E-state index >= 15 is 0 Å². The monoisotopic (exact) mass is 595 g/mol. The summed E-state index contributed by atoms with van der Waals surface area (Å²) < 4.78 is 69.2. The average molecular weight is 596 g/mol. The molecule has 0 aliphatic carbocycles. The Bertz CT molecular complexity index is 1520. The second-order valence-corrected chi connectivity index (χ2v) is 10.4.